The zero-order valence-corrected chi connectivity index (χ0v) is 20.1. The van der Waals surface area contributed by atoms with Gasteiger partial charge < -0.3 is 5.11 Å². The Bertz CT molecular complexity index is 712. The van der Waals surface area contributed by atoms with Crippen LogP contribution in [0.1, 0.15) is 166 Å². The topological polar surface area (TPSA) is 37.3 Å². The number of hydrogen-bond acceptors (Lipinski definition) is 1. The van der Waals surface area contributed by atoms with Crippen molar-refractivity contribution in [3.63, 3.8) is 0 Å². The second-order valence-electron chi connectivity index (χ2n) is 10.6. The average molecular weight is 425 g/mol. The highest BCUT2D eigenvalue weighted by molar-refractivity contribution is 5.93. The van der Waals surface area contributed by atoms with Gasteiger partial charge in [-0.05, 0) is 96.9 Å². The summed E-state index contributed by atoms with van der Waals surface area (Å²) in [5.74, 6) is 0.947. The molecule has 4 rings (SSSR count). The highest BCUT2D eigenvalue weighted by Crippen LogP contribution is 2.49. The molecule has 1 aromatic rings. The van der Waals surface area contributed by atoms with Crippen LogP contribution < -0.4 is 0 Å². The first-order chi connectivity index (χ1) is 15.2. The minimum atomic E-state index is -0.638. The van der Waals surface area contributed by atoms with Gasteiger partial charge in [0.15, 0.2) is 0 Å². The summed E-state index contributed by atoms with van der Waals surface area (Å²) < 4.78 is 0. The lowest BCUT2D eigenvalue weighted by Crippen LogP contribution is -2.24. The van der Waals surface area contributed by atoms with Gasteiger partial charge in [0.1, 0.15) is 0 Å². The lowest BCUT2D eigenvalue weighted by Gasteiger charge is -2.37. The predicted molar refractivity (Wildman–Crippen MR) is 130 cm³/mol. The van der Waals surface area contributed by atoms with E-state index in [4.69, 9.17) is 0 Å². The van der Waals surface area contributed by atoms with Gasteiger partial charge in [0.05, 0.1) is 5.56 Å². The first-order valence-electron chi connectivity index (χ1n) is 13.6. The molecule has 0 saturated heterocycles. The van der Waals surface area contributed by atoms with Crippen LogP contribution in [-0.2, 0) is 12.8 Å². The third-order valence-electron chi connectivity index (χ3n) is 8.80. The fourth-order valence-corrected chi connectivity index (χ4v) is 7.48. The minimum Gasteiger partial charge on any atom is -0.478 e. The number of benzene rings is 1. The van der Waals surface area contributed by atoms with Gasteiger partial charge in [0.2, 0.25) is 0 Å². The molecule has 2 heteroatoms. The van der Waals surface area contributed by atoms with Crippen molar-refractivity contribution in [2.75, 3.05) is 0 Å². The highest BCUT2D eigenvalue weighted by atomic mass is 16.4. The van der Waals surface area contributed by atoms with E-state index < -0.39 is 5.97 Å². The van der Waals surface area contributed by atoms with Crippen molar-refractivity contribution in [2.24, 2.45) is 0 Å². The summed E-state index contributed by atoms with van der Waals surface area (Å²) in [4.78, 5) is 13.0. The monoisotopic (exact) mass is 424 g/mol. The third kappa shape index (κ3) is 4.60. The van der Waals surface area contributed by atoms with Crippen LogP contribution in [0.4, 0.5) is 0 Å². The van der Waals surface area contributed by atoms with E-state index in [2.05, 4.69) is 13.8 Å². The Morgan fingerprint density at radius 2 is 0.935 bits per heavy atom. The van der Waals surface area contributed by atoms with Crippen molar-refractivity contribution in [3.05, 3.63) is 33.4 Å². The second kappa shape index (κ2) is 10.5. The molecule has 1 aromatic carbocycles. The normalized spacial score (nSPS) is 22.0. The smallest absolute Gasteiger partial charge is 0.336 e. The summed E-state index contributed by atoms with van der Waals surface area (Å²) in [7, 11) is 0. The number of carbonyl (C=O) groups is 1. The molecule has 2 nitrogen and oxygen atoms in total. The molecule has 1 N–H and O–H groups in total. The zero-order valence-electron chi connectivity index (χ0n) is 20.1. The predicted octanol–water partition coefficient (Wildman–Crippen LogP) is 8.65. The van der Waals surface area contributed by atoms with Crippen molar-refractivity contribution >= 4 is 5.97 Å². The van der Waals surface area contributed by atoms with Gasteiger partial charge in [-0.1, -0.05) is 71.6 Å². The molecule has 0 spiro atoms. The summed E-state index contributed by atoms with van der Waals surface area (Å²) in [6.45, 7) is 4.58. The molecular weight excluding hydrogens is 380 g/mol. The fourth-order valence-electron chi connectivity index (χ4n) is 7.48. The number of aromatic carboxylic acids is 1. The van der Waals surface area contributed by atoms with E-state index in [1.165, 1.54) is 119 Å². The average Bonchev–Trinajstić information content (AvgIpc) is 2.83. The standard InChI is InChI=1S/C29H44O2/c1-3-23-25(20-14-8-5-9-15-20)24(4-2)27(22-18-12-7-13-19-22)28(29(30)31)26(23)21-16-10-6-11-17-21/h20-22H,3-19H2,1-2H3,(H,30,31). The number of rotatable bonds is 6. The number of hydrogen-bond donors (Lipinski definition) is 1. The quantitative estimate of drug-likeness (QED) is 0.496. The maximum absolute atomic E-state index is 13.0. The van der Waals surface area contributed by atoms with E-state index in [9.17, 15) is 9.90 Å². The maximum atomic E-state index is 13.0. The van der Waals surface area contributed by atoms with Crippen molar-refractivity contribution in [3.8, 4) is 0 Å². The van der Waals surface area contributed by atoms with E-state index >= 15 is 0 Å². The van der Waals surface area contributed by atoms with Gasteiger partial charge in [0, 0.05) is 0 Å². The minimum absolute atomic E-state index is 0.463. The van der Waals surface area contributed by atoms with Crippen LogP contribution >= 0.6 is 0 Å². The van der Waals surface area contributed by atoms with E-state index in [0.29, 0.717) is 17.8 Å². The van der Waals surface area contributed by atoms with E-state index in [1.54, 1.807) is 5.56 Å². The molecule has 3 aliphatic rings. The molecule has 0 radical (unpaired) electrons. The summed E-state index contributed by atoms with van der Waals surface area (Å²) >= 11 is 0. The summed E-state index contributed by atoms with van der Waals surface area (Å²) in [5.41, 5.74) is 7.93. The lowest BCUT2D eigenvalue weighted by atomic mass is 9.67. The van der Waals surface area contributed by atoms with Crippen LogP contribution in [-0.4, -0.2) is 11.1 Å². The Kier molecular flexibility index (Phi) is 7.77. The summed E-state index contributed by atoms with van der Waals surface area (Å²) in [5, 5.41) is 10.6. The van der Waals surface area contributed by atoms with Gasteiger partial charge in [-0.15, -0.1) is 0 Å². The summed E-state index contributed by atoms with van der Waals surface area (Å²) in [6, 6.07) is 0. The van der Waals surface area contributed by atoms with Crippen LogP contribution in [0.5, 0.6) is 0 Å². The van der Waals surface area contributed by atoms with Crippen molar-refractivity contribution in [2.45, 2.75) is 141 Å². The SMILES string of the molecule is CCc1c(C2CCCCC2)c(CC)c(C2CCCCC2)c(C(=O)O)c1C1CCCCC1. The van der Waals surface area contributed by atoms with Crippen molar-refractivity contribution in [1.82, 2.24) is 0 Å². The van der Waals surface area contributed by atoms with Crippen LogP contribution in [0.2, 0.25) is 0 Å². The fraction of sp³-hybridized carbons (Fsp3) is 0.759. The highest BCUT2D eigenvalue weighted by Gasteiger charge is 2.35. The molecule has 31 heavy (non-hydrogen) atoms. The lowest BCUT2D eigenvalue weighted by molar-refractivity contribution is 0.0692. The molecule has 0 aliphatic heterocycles. The largest absolute Gasteiger partial charge is 0.478 e. The van der Waals surface area contributed by atoms with E-state index in [0.717, 1.165) is 18.4 Å². The first-order valence-corrected chi connectivity index (χ1v) is 13.6. The van der Waals surface area contributed by atoms with Crippen molar-refractivity contribution < 1.29 is 9.90 Å². The molecule has 172 valence electrons. The molecule has 0 amide bonds. The van der Waals surface area contributed by atoms with Crippen LogP contribution in [0.15, 0.2) is 0 Å². The maximum Gasteiger partial charge on any atom is 0.336 e. The Morgan fingerprint density at radius 3 is 1.23 bits per heavy atom. The molecule has 0 bridgehead atoms. The Morgan fingerprint density at radius 1 is 0.613 bits per heavy atom. The molecule has 3 aliphatic carbocycles. The zero-order chi connectivity index (χ0) is 21.8. The molecule has 0 unspecified atom stereocenters. The Labute approximate surface area is 190 Å². The van der Waals surface area contributed by atoms with Gasteiger partial charge in [-0.2, -0.15) is 0 Å². The molecule has 3 saturated carbocycles. The Hall–Kier alpha value is -1.31. The third-order valence-corrected chi connectivity index (χ3v) is 8.80. The Balaban J connectivity index is 1.99. The molecule has 3 fully saturated rings. The molecule has 0 atom stereocenters. The van der Waals surface area contributed by atoms with E-state index in [-0.39, 0.29) is 0 Å². The van der Waals surface area contributed by atoms with Crippen LogP contribution in [0, 0.1) is 0 Å². The first kappa shape index (κ1) is 22.9. The van der Waals surface area contributed by atoms with E-state index in [1.807, 2.05) is 0 Å². The molecule has 0 heterocycles. The van der Waals surface area contributed by atoms with Gasteiger partial charge >= 0.3 is 5.97 Å². The van der Waals surface area contributed by atoms with Gasteiger partial charge in [0.25, 0.3) is 0 Å². The second-order valence-corrected chi connectivity index (χ2v) is 10.6. The van der Waals surface area contributed by atoms with Gasteiger partial charge in [-0.25, -0.2) is 4.79 Å². The molecule has 0 aromatic heterocycles. The molecular formula is C29H44O2. The van der Waals surface area contributed by atoms with Crippen molar-refractivity contribution in [1.29, 1.82) is 0 Å². The van der Waals surface area contributed by atoms with Gasteiger partial charge in [-0.3, -0.25) is 0 Å². The van der Waals surface area contributed by atoms with Crippen LogP contribution in [0.3, 0.4) is 0 Å². The number of carboxylic acid groups (broad SMARTS) is 1. The number of carboxylic acids is 1. The summed E-state index contributed by atoms with van der Waals surface area (Å²) in [6.07, 6.45) is 21.1. The van der Waals surface area contributed by atoms with Crippen LogP contribution in [0.25, 0.3) is 0 Å².